The van der Waals surface area contributed by atoms with E-state index in [1.165, 1.54) is 29.2 Å². The molecule has 1 atom stereocenters. The normalized spacial score (nSPS) is 12.2. The van der Waals surface area contributed by atoms with Crippen molar-refractivity contribution >= 4 is 62.3 Å². The van der Waals surface area contributed by atoms with E-state index in [0.29, 0.717) is 20.6 Å². The number of aryl methyl sites for hydroxylation is 1. The van der Waals surface area contributed by atoms with Gasteiger partial charge in [-0.05, 0) is 81.8 Å². The molecule has 0 radical (unpaired) electrons. The number of nitrogens with one attached hydrogen (secondary N) is 1. The van der Waals surface area contributed by atoms with Gasteiger partial charge in [-0.3, -0.25) is 13.9 Å². The van der Waals surface area contributed by atoms with Gasteiger partial charge in [-0.1, -0.05) is 58.6 Å². The van der Waals surface area contributed by atoms with Crippen LogP contribution in [-0.4, -0.2) is 43.8 Å². The molecule has 2 amide bonds. The number of carbonyl (C=O) groups is 2. The summed E-state index contributed by atoms with van der Waals surface area (Å²) in [5.74, 6) is -0.962. The average molecular weight is 611 g/mol. The minimum absolute atomic E-state index is 0.00143. The fourth-order valence-corrected chi connectivity index (χ4v) is 5.66. The summed E-state index contributed by atoms with van der Waals surface area (Å²) in [7, 11) is -4.16. The van der Waals surface area contributed by atoms with E-state index in [1.807, 2.05) is 20.8 Å². The highest BCUT2D eigenvalue weighted by Crippen LogP contribution is 2.27. The predicted octanol–water partition coefficient (Wildman–Crippen LogP) is 6.09. The van der Waals surface area contributed by atoms with Crippen molar-refractivity contribution in [2.75, 3.05) is 10.8 Å². The molecule has 39 heavy (non-hydrogen) atoms. The van der Waals surface area contributed by atoms with Crippen molar-refractivity contribution in [3.63, 3.8) is 0 Å². The molecule has 3 aromatic carbocycles. The van der Waals surface area contributed by atoms with Crippen LogP contribution in [0.15, 0.2) is 71.6 Å². The highest BCUT2D eigenvalue weighted by molar-refractivity contribution is 7.92. The lowest BCUT2D eigenvalue weighted by Gasteiger charge is -2.32. The molecular formula is C28H30Cl3N3O4S. The van der Waals surface area contributed by atoms with E-state index in [1.54, 1.807) is 49.4 Å². The Morgan fingerprint density at radius 1 is 0.872 bits per heavy atom. The zero-order valence-corrected chi connectivity index (χ0v) is 25.1. The van der Waals surface area contributed by atoms with E-state index in [-0.39, 0.29) is 29.1 Å². The van der Waals surface area contributed by atoms with E-state index in [0.717, 1.165) is 9.87 Å². The molecule has 0 aliphatic heterocycles. The molecule has 11 heteroatoms. The van der Waals surface area contributed by atoms with Gasteiger partial charge in [0.15, 0.2) is 0 Å². The smallest absolute Gasteiger partial charge is 0.264 e. The van der Waals surface area contributed by atoms with Gasteiger partial charge in [0.05, 0.1) is 20.6 Å². The van der Waals surface area contributed by atoms with Crippen molar-refractivity contribution in [1.82, 2.24) is 10.2 Å². The maximum atomic E-state index is 13.9. The van der Waals surface area contributed by atoms with Gasteiger partial charge >= 0.3 is 0 Å². The SMILES string of the molecule is Cc1ccc(S(=O)(=O)N(CC(=O)N(Cc2ccc(Cl)c(Cl)c2)C(C)C(=O)NC(C)C)c2ccc(Cl)cc2)cc1. The van der Waals surface area contributed by atoms with Crippen molar-refractivity contribution in [3.05, 3.63) is 92.9 Å². The van der Waals surface area contributed by atoms with Crippen LogP contribution in [0.5, 0.6) is 0 Å². The van der Waals surface area contributed by atoms with E-state index < -0.39 is 28.5 Å². The van der Waals surface area contributed by atoms with E-state index >= 15 is 0 Å². The Morgan fingerprint density at radius 2 is 1.49 bits per heavy atom. The second kappa shape index (κ2) is 13.0. The number of sulfonamides is 1. The molecule has 0 saturated carbocycles. The van der Waals surface area contributed by atoms with Gasteiger partial charge in [0.1, 0.15) is 12.6 Å². The van der Waals surface area contributed by atoms with Crippen molar-refractivity contribution in [3.8, 4) is 0 Å². The number of nitrogens with zero attached hydrogens (tertiary/aromatic N) is 2. The van der Waals surface area contributed by atoms with Gasteiger partial charge in [0.2, 0.25) is 11.8 Å². The number of anilines is 1. The number of hydrogen-bond acceptors (Lipinski definition) is 4. The van der Waals surface area contributed by atoms with Crippen molar-refractivity contribution in [1.29, 1.82) is 0 Å². The van der Waals surface area contributed by atoms with Crippen LogP contribution in [0.1, 0.15) is 31.9 Å². The minimum atomic E-state index is -4.16. The van der Waals surface area contributed by atoms with E-state index in [9.17, 15) is 18.0 Å². The Morgan fingerprint density at radius 3 is 2.05 bits per heavy atom. The Bertz CT molecular complexity index is 1430. The van der Waals surface area contributed by atoms with Gasteiger partial charge in [0.25, 0.3) is 10.0 Å². The summed E-state index contributed by atoms with van der Waals surface area (Å²) in [5.41, 5.74) is 1.77. The lowest BCUT2D eigenvalue weighted by molar-refractivity contribution is -0.139. The number of benzene rings is 3. The number of hydrogen-bond donors (Lipinski definition) is 1. The second-order valence-electron chi connectivity index (χ2n) is 9.41. The third-order valence-electron chi connectivity index (χ3n) is 5.94. The van der Waals surface area contributed by atoms with E-state index in [4.69, 9.17) is 34.8 Å². The predicted molar refractivity (Wildman–Crippen MR) is 157 cm³/mol. The molecule has 0 spiro atoms. The van der Waals surface area contributed by atoms with Crippen LogP contribution < -0.4 is 9.62 Å². The third-order valence-corrected chi connectivity index (χ3v) is 8.72. The summed E-state index contributed by atoms with van der Waals surface area (Å²) in [6, 6.07) is 16.3. The van der Waals surface area contributed by atoms with Crippen LogP contribution in [0.25, 0.3) is 0 Å². The zero-order valence-electron chi connectivity index (χ0n) is 22.0. The molecule has 0 fully saturated rings. The molecule has 3 rings (SSSR count). The monoisotopic (exact) mass is 609 g/mol. The lowest BCUT2D eigenvalue weighted by atomic mass is 10.1. The topological polar surface area (TPSA) is 86.8 Å². The third kappa shape index (κ3) is 7.88. The Balaban J connectivity index is 2.04. The standard InChI is InChI=1S/C28H30Cl3N3O4S/c1-18(2)32-28(36)20(4)33(16-21-7-14-25(30)26(31)15-21)27(35)17-34(23-10-8-22(29)9-11-23)39(37,38)24-12-5-19(3)6-13-24/h5-15,18,20H,16-17H2,1-4H3,(H,32,36). The lowest BCUT2D eigenvalue weighted by Crippen LogP contribution is -2.52. The highest BCUT2D eigenvalue weighted by Gasteiger charge is 2.32. The number of carbonyl (C=O) groups excluding carboxylic acids is 2. The average Bonchev–Trinajstić information content (AvgIpc) is 2.87. The molecule has 208 valence electrons. The molecule has 0 heterocycles. The molecule has 1 unspecified atom stereocenters. The molecule has 0 aromatic heterocycles. The van der Waals surface area contributed by atoms with E-state index in [2.05, 4.69) is 5.32 Å². The number of halogens is 3. The maximum Gasteiger partial charge on any atom is 0.264 e. The van der Waals surface area contributed by atoms with Crippen LogP contribution in [0.2, 0.25) is 15.1 Å². The Hall–Kier alpha value is -2.78. The molecular weight excluding hydrogens is 581 g/mol. The molecule has 7 nitrogen and oxygen atoms in total. The highest BCUT2D eigenvalue weighted by atomic mass is 35.5. The fourth-order valence-electron chi connectivity index (χ4n) is 3.80. The van der Waals surface area contributed by atoms with Crippen molar-refractivity contribution < 1.29 is 18.0 Å². The van der Waals surface area contributed by atoms with Crippen molar-refractivity contribution in [2.45, 2.75) is 51.2 Å². The van der Waals surface area contributed by atoms with Gasteiger partial charge in [-0.15, -0.1) is 0 Å². The van der Waals surface area contributed by atoms with Crippen molar-refractivity contribution in [2.24, 2.45) is 0 Å². The minimum Gasteiger partial charge on any atom is -0.352 e. The summed E-state index contributed by atoms with van der Waals surface area (Å²) in [6.45, 7) is 6.51. The van der Waals surface area contributed by atoms with Gasteiger partial charge < -0.3 is 10.2 Å². The maximum absolute atomic E-state index is 13.9. The van der Waals surface area contributed by atoms with Crippen LogP contribution in [0, 0.1) is 6.92 Å². The number of rotatable bonds is 10. The Kier molecular flexibility index (Phi) is 10.3. The quantitative estimate of drug-likeness (QED) is 0.301. The summed E-state index contributed by atoms with van der Waals surface area (Å²) < 4.78 is 28.6. The van der Waals surface area contributed by atoms with Gasteiger partial charge in [0, 0.05) is 17.6 Å². The molecule has 0 saturated heterocycles. The summed E-state index contributed by atoms with van der Waals surface area (Å²) in [5, 5.41) is 3.87. The first kappa shape index (κ1) is 30.8. The zero-order chi connectivity index (χ0) is 28.9. The summed E-state index contributed by atoms with van der Waals surface area (Å²) >= 11 is 18.3. The van der Waals surface area contributed by atoms with Crippen LogP contribution in [0.4, 0.5) is 5.69 Å². The summed E-state index contributed by atoms with van der Waals surface area (Å²) in [4.78, 5) is 28.2. The second-order valence-corrected chi connectivity index (χ2v) is 12.5. The first-order valence-electron chi connectivity index (χ1n) is 12.2. The van der Waals surface area contributed by atoms with Gasteiger partial charge in [-0.2, -0.15) is 0 Å². The molecule has 1 N–H and O–H groups in total. The van der Waals surface area contributed by atoms with Crippen LogP contribution in [0.3, 0.4) is 0 Å². The van der Waals surface area contributed by atoms with Gasteiger partial charge in [-0.25, -0.2) is 8.42 Å². The Labute approximate surface area is 244 Å². The molecule has 3 aromatic rings. The van der Waals surface area contributed by atoms with Crippen LogP contribution >= 0.6 is 34.8 Å². The molecule has 0 bridgehead atoms. The molecule has 0 aliphatic carbocycles. The first-order chi connectivity index (χ1) is 18.3. The largest absolute Gasteiger partial charge is 0.352 e. The molecule has 0 aliphatic rings. The fraction of sp³-hybridized carbons (Fsp3) is 0.286. The number of amides is 2. The van der Waals surface area contributed by atoms with Crippen LogP contribution in [-0.2, 0) is 26.2 Å². The summed E-state index contributed by atoms with van der Waals surface area (Å²) in [6.07, 6.45) is 0. The first-order valence-corrected chi connectivity index (χ1v) is 14.8.